The van der Waals surface area contributed by atoms with Gasteiger partial charge in [-0.15, -0.1) is 0 Å². The third-order valence-corrected chi connectivity index (χ3v) is 8.00. The molecule has 0 aliphatic carbocycles. The Kier molecular flexibility index (Phi) is 9.94. The molecule has 0 unspecified atom stereocenters. The molecular weight excluding hydrogens is 518 g/mol. The smallest absolute Gasteiger partial charge is 0.245 e. The van der Waals surface area contributed by atoms with Crippen LogP contribution in [0.5, 0.6) is 5.75 Å². The van der Waals surface area contributed by atoms with Crippen molar-refractivity contribution in [1.82, 2.24) is 19.8 Å². The molecule has 3 N–H and O–H groups in total. The zero-order valence-electron chi connectivity index (χ0n) is 24.2. The minimum Gasteiger partial charge on any atom is -0.497 e. The maximum atomic E-state index is 13.9. The van der Waals surface area contributed by atoms with Crippen molar-refractivity contribution in [3.63, 3.8) is 0 Å². The number of nitrogens with zero attached hydrogens (tertiary/aromatic N) is 3. The maximum absolute atomic E-state index is 13.9. The molecule has 4 rings (SSSR count). The van der Waals surface area contributed by atoms with Crippen molar-refractivity contribution in [3.05, 3.63) is 83.9 Å². The van der Waals surface area contributed by atoms with Gasteiger partial charge < -0.3 is 25.3 Å². The first-order valence-electron chi connectivity index (χ1n) is 14.3. The Morgan fingerprint density at radius 1 is 1.05 bits per heavy atom. The monoisotopic (exact) mass is 559 g/mol. The fraction of sp³-hybridized carbons (Fsp3) is 0.438. The lowest BCUT2D eigenvalue weighted by molar-refractivity contribution is -0.139. The lowest BCUT2D eigenvalue weighted by Gasteiger charge is -2.42. The fourth-order valence-electron chi connectivity index (χ4n) is 5.65. The zero-order chi connectivity index (χ0) is 29.4. The Morgan fingerprint density at radius 2 is 1.73 bits per heavy atom. The van der Waals surface area contributed by atoms with E-state index in [1.54, 1.807) is 22.9 Å². The number of amides is 2. The van der Waals surface area contributed by atoms with Crippen molar-refractivity contribution >= 4 is 17.6 Å². The molecule has 0 radical (unpaired) electrons. The van der Waals surface area contributed by atoms with Gasteiger partial charge in [-0.2, -0.15) is 0 Å². The van der Waals surface area contributed by atoms with Crippen LogP contribution in [0.1, 0.15) is 49.4 Å². The minimum absolute atomic E-state index is 0.177. The summed E-state index contributed by atoms with van der Waals surface area (Å²) in [5, 5.41) is 2.93. The highest BCUT2D eigenvalue weighted by Crippen LogP contribution is 2.38. The molecule has 1 aliphatic heterocycles. The number of aromatic nitrogens is 2. The number of methoxy groups -OCH3 is 1. The van der Waals surface area contributed by atoms with Crippen LogP contribution >= 0.6 is 0 Å². The summed E-state index contributed by atoms with van der Waals surface area (Å²) in [6.45, 7) is 2.87. The SMILES string of the molecule is CCCC(=O)C1(c2ccccc2)CCN(C(=O)[C@@H](Cc2ccc(OC)cc2)NC(=O)[C@@H](N)Cc2cn(C)cn2)CC1. The molecule has 1 saturated heterocycles. The van der Waals surface area contributed by atoms with Gasteiger partial charge in [0, 0.05) is 45.6 Å². The summed E-state index contributed by atoms with van der Waals surface area (Å²) in [5.74, 6) is 0.352. The number of likely N-dealkylation sites (tertiary alicyclic amines) is 1. The first-order valence-corrected chi connectivity index (χ1v) is 14.3. The lowest BCUT2D eigenvalue weighted by Crippen LogP contribution is -2.57. The van der Waals surface area contributed by atoms with Gasteiger partial charge >= 0.3 is 0 Å². The molecule has 9 heteroatoms. The second-order valence-corrected chi connectivity index (χ2v) is 10.9. The number of benzene rings is 2. The predicted molar refractivity (Wildman–Crippen MR) is 157 cm³/mol. The summed E-state index contributed by atoms with van der Waals surface area (Å²) in [5.41, 5.74) is 8.24. The highest BCUT2D eigenvalue weighted by atomic mass is 16.5. The molecule has 1 aromatic heterocycles. The average Bonchev–Trinajstić information content (AvgIpc) is 3.41. The summed E-state index contributed by atoms with van der Waals surface area (Å²) in [7, 11) is 3.45. The molecule has 2 aromatic carbocycles. The Morgan fingerprint density at radius 3 is 2.32 bits per heavy atom. The van der Waals surface area contributed by atoms with Crippen LogP contribution in [-0.2, 0) is 39.7 Å². The Balaban J connectivity index is 1.51. The van der Waals surface area contributed by atoms with Crippen molar-refractivity contribution in [3.8, 4) is 5.75 Å². The Bertz CT molecular complexity index is 1310. The Labute approximate surface area is 242 Å². The minimum atomic E-state index is -0.852. The first-order chi connectivity index (χ1) is 19.8. The number of nitrogens with one attached hydrogen (secondary N) is 1. The summed E-state index contributed by atoms with van der Waals surface area (Å²) >= 11 is 0. The van der Waals surface area contributed by atoms with E-state index in [0.29, 0.717) is 50.2 Å². The number of imidazole rings is 1. The number of carbonyl (C=O) groups is 3. The largest absolute Gasteiger partial charge is 0.497 e. The van der Waals surface area contributed by atoms with Crippen LogP contribution in [0.15, 0.2) is 67.1 Å². The van der Waals surface area contributed by atoms with E-state index in [-0.39, 0.29) is 18.1 Å². The van der Waals surface area contributed by atoms with Gasteiger partial charge in [-0.3, -0.25) is 14.4 Å². The number of piperidine rings is 1. The molecule has 2 heterocycles. The summed E-state index contributed by atoms with van der Waals surface area (Å²) < 4.78 is 7.07. The molecule has 0 saturated carbocycles. The van der Waals surface area contributed by atoms with Crippen LogP contribution in [0.4, 0.5) is 0 Å². The molecule has 41 heavy (non-hydrogen) atoms. The lowest BCUT2D eigenvalue weighted by atomic mass is 9.68. The number of hydrogen-bond acceptors (Lipinski definition) is 6. The maximum Gasteiger partial charge on any atom is 0.245 e. The third kappa shape index (κ3) is 7.21. The number of nitrogens with two attached hydrogens (primary N) is 1. The highest BCUT2D eigenvalue weighted by molar-refractivity contribution is 5.92. The van der Waals surface area contributed by atoms with E-state index in [9.17, 15) is 14.4 Å². The van der Waals surface area contributed by atoms with E-state index in [4.69, 9.17) is 10.5 Å². The van der Waals surface area contributed by atoms with E-state index < -0.39 is 23.4 Å². The van der Waals surface area contributed by atoms with E-state index in [2.05, 4.69) is 10.3 Å². The molecule has 1 fully saturated rings. The average molecular weight is 560 g/mol. The molecule has 3 aromatic rings. The molecular formula is C32H41N5O4. The van der Waals surface area contributed by atoms with E-state index in [1.165, 1.54) is 0 Å². The van der Waals surface area contributed by atoms with Crippen LogP contribution in [-0.4, -0.2) is 64.3 Å². The normalized spacial score (nSPS) is 16.0. The topological polar surface area (TPSA) is 120 Å². The van der Waals surface area contributed by atoms with Crippen molar-refractivity contribution in [2.45, 2.75) is 62.9 Å². The van der Waals surface area contributed by atoms with Gasteiger partial charge in [-0.05, 0) is 42.5 Å². The number of ketones is 1. The number of aryl methyl sites for hydroxylation is 1. The zero-order valence-corrected chi connectivity index (χ0v) is 24.2. The van der Waals surface area contributed by atoms with Gasteiger partial charge in [0.25, 0.3) is 0 Å². The van der Waals surface area contributed by atoms with Crippen molar-refractivity contribution < 1.29 is 19.1 Å². The van der Waals surface area contributed by atoms with Crippen LogP contribution < -0.4 is 15.8 Å². The van der Waals surface area contributed by atoms with Gasteiger partial charge in [0.1, 0.15) is 17.6 Å². The molecule has 0 spiro atoms. The highest BCUT2D eigenvalue weighted by Gasteiger charge is 2.43. The van der Waals surface area contributed by atoms with Gasteiger partial charge in [-0.1, -0.05) is 49.4 Å². The molecule has 2 atom stereocenters. The quantitative estimate of drug-likeness (QED) is 0.352. The predicted octanol–water partition coefficient (Wildman–Crippen LogP) is 2.96. The first kappa shape index (κ1) is 30.0. The van der Waals surface area contributed by atoms with E-state index in [0.717, 1.165) is 17.5 Å². The molecule has 0 bridgehead atoms. The van der Waals surface area contributed by atoms with Gasteiger partial charge in [0.05, 0.1) is 30.6 Å². The van der Waals surface area contributed by atoms with Gasteiger partial charge in [0.2, 0.25) is 11.8 Å². The fourth-order valence-corrected chi connectivity index (χ4v) is 5.65. The molecule has 1 aliphatic rings. The summed E-state index contributed by atoms with van der Waals surface area (Å²) in [6, 6.07) is 15.7. The van der Waals surface area contributed by atoms with Crippen LogP contribution in [0, 0.1) is 0 Å². The summed E-state index contributed by atoms with van der Waals surface area (Å²) in [4.78, 5) is 46.6. The van der Waals surface area contributed by atoms with Crippen LogP contribution in [0.25, 0.3) is 0 Å². The second-order valence-electron chi connectivity index (χ2n) is 10.9. The van der Waals surface area contributed by atoms with E-state index >= 15 is 0 Å². The molecule has 9 nitrogen and oxygen atoms in total. The standard InChI is InChI=1S/C32H41N5O4/c1-4-8-29(38)32(24-9-6-5-7-10-24)15-17-37(18-16-32)31(40)28(19-23-11-13-26(41-3)14-12-23)35-30(39)27(33)20-25-21-36(2)22-34-25/h5-7,9-14,21-22,27-28H,4,8,15-20,33H2,1-3H3,(H,35,39)/t27-,28+/m0/s1. The van der Waals surface area contributed by atoms with Gasteiger partial charge in [0.15, 0.2) is 0 Å². The molecule has 2 amide bonds. The number of carbonyl (C=O) groups excluding carboxylic acids is 3. The van der Waals surface area contributed by atoms with Gasteiger partial charge in [-0.25, -0.2) is 4.98 Å². The van der Waals surface area contributed by atoms with E-state index in [1.807, 2.05) is 74.8 Å². The number of rotatable bonds is 12. The van der Waals surface area contributed by atoms with Crippen molar-refractivity contribution in [2.24, 2.45) is 12.8 Å². The Hall–Kier alpha value is -3.98. The number of ether oxygens (including phenoxy) is 1. The molecule has 218 valence electrons. The van der Waals surface area contributed by atoms with Crippen LogP contribution in [0.3, 0.4) is 0 Å². The number of hydrogen-bond donors (Lipinski definition) is 2. The van der Waals surface area contributed by atoms with Crippen LogP contribution in [0.2, 0.25) is 0 Å². The van der Waals surface area contributed by atoms with Crippen molar-refractivity contribution in [2.75, 3.05) is 20.2 Å². The third-order valence-electron chi connectivity index (χ3n) is 8.00. The van der Waals surface area contributed by atoms with Crippen molar-refractivity contribution in [1.29, 1.82) is 0 Å². The second kappa shape index (κ2) is 13.6. The number of Topliss-reactive ketones (excluding diaryl/α,β-unsaturated/α-hetero) is 1. The summed E-state index contributed by atoms with van der Waals surface area (Å²) in [6.07, 6.45) is 6.43.